The lowest BCUT2D eigenvalue weighted by Gasteiger charge is -2.31. The topological polar surface area (TPSA) is 58.6 Å². The Bertz CT molecular complexity index is 407. The van der Waals surface area contributed by atoms with E-state index in [1.807, 2.05) is 13.1 Å². The number of hydrogen-bond acceptors (Lipinski definition) is 4. The van der Waals surface area contributed by atoms with E-state index in [1.165, 1.54) is 0 Å². The van der Waals surface area contributed by atoms with Crippen molar-refractivity contribution >= 4 is 5.97 Å². The van der Waals surface area contributed by atoms with Gasteiger partial charge in [0.25, 0.3) is 0 Å². The molecule has 1 saturated carbocycles. The van der Waals surface area contributed by atoms with E-state index in [-0.39, 0.29) is 12.1 Å². The van der Waals surface area contributed by atoms with Crippen LogP contribution in [0.25, 0.3) is 0 Å². The molecule has 104 valence electrons. The van der Waals surface area contributed by atoms with Gasteiger partial charge in [-0.1, -0.05) is 36.8 Å². The van der Waals surface area contributed by atoms with Crippen LogP contribution in [0.2, 0.25) is 0 Å². The van der Waals surface area contributed by atoms with Crippen molar-refractivity contribution in [3.05, 3.63) is 35.9 Å². The van der Waals surface area contributed by atoms with Crippen LogP contribution >= 0.6 is 0 Å². The molecular weight excluding hydrogens is 242 g/mol. The first-order valence-corrected chi connectivity index (χ1v) is 6.83. The van der Waals surface area contributed by atoms with Crippen molar-refractivity contribution in [2.75, 3.05) is 7.05 Å². The maximum absolute atomic E-state index is 12.0. The molecule has 3 atom stereocenters. The molecule has 0 radical (unpaired) electrons. The number of carbonyl (C=O) groups is 1. The zero-order valence-corrected chi connectivity index (χ0v) is 11.2. The Hall–Kier alpha value is -1.39. The summed E-state index contributed by atoms with van der Waals surface area (Å²) in [5, 5.41) is 13.2. The van der Waals surface area contributed by atoms with Gasteiger partial charge in [0.2, 0.25) is 0 Å². The van der Waals surface area contributed by atoms with E-state index in [0.29, 0.717) is 5.56 Å². The summed E-state index contributed by atoms with van der Waals surface area (Å²) in [6, 6.07) is 9.08. The molecule has 4 heteroatoms. The molecule has 1 aliphatic rings. The van der Waals surface area contributed by atoms with E-state index >= 15 is 0 Å². The fourth-order valence-corrected chi connectivity index (χ4v) is 2.55. The van der Waals surface area contributed by atoms with Crippen LogP contribution in [0.1, 0.15) is 37.4 Å². The zero-order valence-electron chi connectivity index (χ0n) is 11.2. The molecule has 0 amide bonds. The van der Waals surface area contributed by atoms with Crippen LogP contribution in [0.15, 0.2) is 30.3 Å². The van der Waals surface area contributed by atoms with Gasteiger partial charge < -0.3 is 15.2 Å². The molecular formula is C15H21NO3. The van der Waals surface area contributed by atoms with Crippen molar-refractivity contribution < 1.29 is 14.6 Å². The summed E-state index contributed by atoms with van der Waals surface area (Å²) in [6.07, 6.45) is 2.76. The third-order valence-corrected chi connectivity index (χ3v) is 3.68. The van der Waals surface area contributed by atoms with E-state index < -0.39 is 12.1 Å². The Morgan fingerprint density at radius 3 is 2.68 bits per heavy atom. The molecule has 1 aromatic rings. The summed E-state index contributed by atoms with van der Waals surface area (Å²) < 4.78 is 5.46. The van der Waals surface area contributed by atoms with Crippen molar-refractivity contribution in [1.82, 2.24) is 5.32 Å². The SMILES string of the molecule is CN[C@H]1CCCC[C@@H]1OC(=O)[C@@H](O)c1ccccc1. The number of likely N-dealkylation sites (N-methyl/N-ethyl adjacent to an activating group) is 1. The summed E-state index contributed by atoms with van der Waals surface area (Å²) >= 11 is 0. The molecule has 0 bridgehead atoms. The average molecular weight is 263 g/mol. The molecule has 0 saturated heterocycles. The third-order valence-electron chi connectivity index (χ3n) is 3.68. The fourth-order valence-electron chi connectivity index (χ4n) is 2.55. The fraction of sp³-hybridized carbons (Fsp3) is 0.533. The smallest absolute Gasteiger partial charge is 0.339 e. The predicted molar refractivity (Wildman–Crippen MR) is 72.6 cm³/mol. The summed E-state index contributed by atoms with van der Waals surface area (Å²) in [5.74, 6) is -0.557. The Morgan fingerprint density at radius 2 is 2.00 bits per heavy atom. The number of benzene rings is 1. The first-order valence-electron chi connectivity index (χ1n) is 6.83. The van der Waals surface area contributed by atoms with E-state index in [1.54, 1.807) is 24.3 Å². The van der Waals surface area contributed by atoms with Gasteiger partial charge in [0.15, 0.2) is 6.10 Å². The highest BCUT2D eigenvalue weighted by Gasteiger charge is 2.29. The quantitative estimate of drug-likeness (QED) is 0.813. The predicted octanol–water partition coefficient (Wildman–Crippen LogP) is 1.79. The lowest BCUT2D eigenvalue weighted by Crippen LogP contribution is -2.43. The Labute approximate surface area is 113 Å². The van der Waals surface area contributed by atoms with Gasteiger partial charge in [-0.3, -0.25) is 0 Å². The first kappa shape index (κ1) is 14.0. The molecule has 1 fully saturated rings. The summed E-state index contributed by atoms with van der Waals surface area (Å²) in [6.45, 7) is 0. The number of rotatable bonds is 4. The number of hydrogen-bond donors (Lipinski definition) is 2. The van der Waals surface area contributed by atoms with Gasteiger partial charge >= 0.3 is 5.97 Å². The first-order chi connectivity index (χ1) is 9.22. The Balaban J connectivity index is 1.96. The van der Waals surface area contributed by atoms with Crippen LogP contribution in [0.3, 0.4) is 0 Å². The van der Waals surface area contributed by atoms with E-state index in [0.717, 1.165) is 25.7 Å². The molecule has 2 rings (SSSR count). The van der Waals surface area contributed by atoms with Crippen molar-refractivity contribution in [1.29, 1.82) is 0 Å². The van der Waals surface area contributed by atoms with E-state index in [2.05, 4.69) is 5.32 Å². The molecule has 0 aromatic heterocycles. The van der Waals surface area contributed by atoms with Crippen LogP contribution < -0.4 is 5.32 Å². The van der Waals surface area contributed by atoms with Crippen molar-refractivity contribution in [3.63, 3.8) is 0 Å². The molecule has 4 nitrogen and oxygen atoms in total. The van der Waals surface area contributed by atoms with Crippen LogP contribution in [0.5, 0.6) is 0 Å². The highest BCUT2D eigenvalue weighted by Crippen LogP contribution is 2.23. The van der Waals surface area contributed by atoms with Gasteiger partial charge in [0, 0.05) is 6.04 Å². The minimum Gasteiger partial charge on any atom is -0.459 e. The molecule has 0 unspecified atom stereocenters. The Morgan fingerprint density at radius 1 is 1.32 bits per heavy atom. The van der Waals surface area contributed by atoms with Gasteiger partial charge in [-0.25, -0.2) is 4.79 Å². The number of nitrogens with one attached hydrogen (secondary N) is 1. The monoisotopic (exact) mass is 263 g/mol. The maximum atomic E-state index is 12.0. The van der Waals surface area contributed by atoms with Crippen LogP contribution in [0.4, 0.5) is 0 Å². The van der Waals surface area contributed by atoms with E-state index in [9.17, 15) is 9.90 Å². The molecule has 0 spiro atoms. The zero-order chi connectivity index (χ0) is 13.7. The standard InChI is InChI=1S/C15H21NO3/c1-16-12-9-5-6-10-13(12)19-15(18)14(17)11-7-3-2-4-8-11/h2-4,7-8,12-14,16-17H,5-6,9-10H2,1H3/t12-,13-,14-/m0/s1. The van der Waals surface area contributed by atoms with Crippen molar-refractivity contribution in [2.24, 2.45) is 0 Å². The van der Waals surface area contributed by atoms with Crippen LogP contribution in [0, 0.1) is 0 Å². The highest BCUT2D eigenvalue weighted by atomic mass is 16.6. The average Bonchev–Trinajstić information content (AvgIpc) is 2.48. The second-order valence-electron chi connectivity index (χ2n) is 4.97. The van der Waals surface area contributed by atoms with Crippen molar-refractivity contribution in [3.8, 4) is 0 Å². The van der Waals surface area contributed by atoms with Gasteiger partial charge in [-0.15, -0.1) is 0 Å². The van der Waals surface area contributed by atoms with Gasteiger partial charge in [-0.2, -0.15) is 0 Å². The van der Waals surface area contributed by atoms with Crippen molar-refractivity contribution in [2.45, 2.75) is 43.9 Å². The molecule has 19 heavy (non-hydrogen) atoms. The molecule has 0 heterocycles. The minimum absolute atomic E-state index is 0.135. The minimum atomic E-state index is -1.19. The third kappa shape index (κ3) is 3.55. The number of ether oxygens (including phenoxy) is 1. The second kappa shape index (κ2) is 6.68. The van der Waals surface area contributed by atoms with Gasteiger partial charge in [-0.05, 0) is 31.9 Å². The highest BCUT2D eigenvalue weighted by molar-refractivity contribution is 5.76. The number of aliphatic hydroxyl groups excluding tert-OH is 1. The second-order valence-corrected chi connectivity index (χ2v) is 4.97. The van der Waals surface area contributed by atoms with E-state index in [4.69, 9.17) is 4.74 Å². The summed E-state index contributed by atoms with van der Waals surface area (Å²) in [5.41, 5.74) is 0.573. The van der Waals surface area contributed by atoms with Crippen LogP contribution in [-0.2, 0) is 9.53 Å². The maximum Gasteiger partial charge on any atom is 0.339 e. The molecule has 1 aliphatic carbocycles. The number of carbonyl (C=O) groups excluding carboxylic acids is 1. The molecule has 1 aromatic carbocycles. The number of aliphatic hydroxyl groups is 1. The normalized spacial score (nSPS) is 24.7. The summed E-state index contributed by atoms with van der Waals surface area (Å²) in [4.78, 5) is 12.0. The lowest BCUT2D eigenvalue weighted by molar-refractivity contribution is -0.162. The van der Waals surface area contributed by atoms with Crippen LogP contribution in [-0.4, -0.2) is 30.3 Å². The van der Waals surface area contributed by atoms with Gasteiger partial charge in [0.1, 0.15) is 6.10 Å². The van der Waals surface area contributed by atoms with Gasteiger partial charge in [0.05, 0.1) is 0 Å². The largest absolute Gasteiger partial charge is 0.459 e. The number of esters is 1. The summed E-state index contributed by atoms with van der Waals surface area (Å²) in [7, 11) is 1.88. The molecule has 2 N–H and O–H groups in total. The molecule has 0 aliphatic heterocycles. The lowest BCUT2D eigenvalue weighted by atomic mass is 9.92. The Kier molecular flexibility index (Phi) is 4.93.